The van der Waals surface area contributed by atoms with Crippen LogP contribution in [0.25, 0.3) is 0 Å². The van der Waals surface area contributed by atoms with Crippen LogP contribution < -0.4 is 10.6 Å². The largest absolute Gasteiger partial charge is 0.401 e. The lowest BCUT2D eigenvalue weighted by Crippen LogP contribution is -2.42. The molecule has 152 valence electrons. The van der Waals surface area contributed by atoms with Crippen molar-refractivity contribution >= 4 is 17.6 Å². The second-order valence-corrected chi connectivity index (χ2v) is 7.37. The van der Waals surface area contributed by atoms with E-state index in [0.717, 1.165) is 55.3 Å². The van der Waals surface area contributed by atoms with Gasteiger partial charge in [-0.05, 0) is 62.4 Å². The van der Waals surface area contributed by atoms with E-state index in [4.69, 9.17) is 11.6 Å². The van der Waals surface area contributed by atoms with Gasteiger partial charge in [-0.25, -0.2) is 0 Å². The molecule has 1 saturated heterocycles. The first kappa shape index (κ1) is 21.8. The molecule has 2 rings (SSSR count). The van der Waals surface area contributed by atoms with E-state index in [-0.39, 0.29) is 0 Å². The van der Waals surface area contributed by atoms with Gasteiger partial charge in [0.05, 0.1) is 6.54 Å². The number of alkyl halides is 3. The minimum atomic E-state index is -4.10. The van der Waals surface area contributed by atoms with Gasteiger partial charge in [-0.2, -0.15) is 13.2 Å². The molecule has 8 heteroatoms. The van der Waals surface area contributed by atoms with Gasteiger partial charge in [0.1, 0.15) is 0 Å². The quantitative estimate of drug-likeness (QED) is 0.537. The minimum Gasteiger partial charge on any atom is -0.356 e. The zero-order chi connectivity index (χ0) is 19.7. The summed E-state index contributed by atoms with van der Waals surface area (Å²) in [6, 6.07) is 7.77. The van der Waals surface area contributed by atoms with E-state index < -0.39 is 12.7 Å². The van der Waals surface area contributed by atoms with Crippen LogP contribution in [0.2, 0.25) is 5.02 Å². The number of benzene rings is 1. The van der Waals surface area contributed by atoms with E-state index in [2.05, 4.69) is 15.6 Å². The summed E-state index contributed by atoms with van der Waals surface area (Å²) in [6.45, 7) is 1.77. The van der Waals surface area contributed by atoms with Crippen LogP contribution in [0.1, 0.15) is 24.8 Å². The maximum absolute atomic E-state index is 12.4. The minimum absolute atomic E-state index is 0.464. The summed E-state index contributed by atoms with van der Waals surface area (Å²) in [5.74, 6) is 1.21. The van der Waals surface area contributed by atoms with Crippen LogP contribution in [0.15, 0.2) is 29.3 Å². The highest BCUT2D eigenvalue weighted by Crippen LogP contribution is 2.23. The number of piperidine rings is 1. The van der Waals surface area contributed by atoms with Gasteiger partial charge in [0.15, 0.2) is 5.96 Å². The molecule has 0 amide bonds. The summed E-state index contributed by atoms with van der Waals surface area (Å²) >= 11 is 5.98. The van der Waals surface area contributed by atoms with Crippen LogP contribution >= 0.6 is 11.6 Å². The van der Waals surface area contributed by atoms with Gasteiger partial charge >= 0.3 is 6.18 Å². The van der Waals surface area contributed by atoms with Gasteiger partial charge < -0.3 is 10.6 Å². The average molecular weight is 405 g/mol. The monoisotopic (exact) mass is 404 g/mol. The highest BCUT2D eigenvalue weighted by atomic mass is 35.5. The van der Waals surface area contributed by atoms with Gasteiger partial charge in [0, 0.05) is 25.2 Å². The molecule has 0 aliphatic carbocycles. The van der Waals surface area contributed by atoms with E-state index in [1.165, 1.54) is 4.90 Å². The van der Waals surface area contributed by atoms with Crippen molar-refractivity contribution in [3.63, 3.8) is 0 Å². The van der Waals surface area contributed by atoms with Gasteiger partial charge in [-0.3, -0.25) is 9.89 Å². The fourth-order valence-electron chi connectivity index (χ4n) is 3.32. The third-order valence-corrected chi connectivity index (χ3v) is 5.01. The summed E-state index contributed by atoms with van der Waals surface area (Å²) in [6.07, 6.45) is -0.678. The summed E-state index contributed by atoms with van der Waals surface area (Å²) in [5, 5.41) is 7.29. The summed E-state index contributed by atoms with van der Waals surface area (Å²) in [5.41, 5.74) is 1.16. The number of nitrogens with one attached hydrogen (secondary N) is 2. The Labute approximate surface area is 164 Å². The standard InChI is InChI=1S/C19H28ClF3N4/c1-24-18(26-10-6-16-3-2-4-17(20)13-16)25-9-5-15-7-11-27(12-8-15)14-19(21,22)23/h2-4,13,15H,5-12,14H2,1H3,(H2,24,25,26). The Balaban J connectivity index is 1.60. The Hall–Kier alpha value is -1.47. The molecule has 2 N–H and O–H groups in total. The van der Waals surface area contributed by atoms with Gasteiger partial charge in [0.25, 0.3) is 0 Å². The van der Waals surface area contributed by atoms with Crippen LogP contribution in [0.5, 0.6) is 0 Å². The fraction of sp³-hybridized carbons (Fsp3) is 0.632. The molecule has 27 heavy (non-hydrogen) atoms. The van der Waals surface area contributed by atoms with Crippen molar-refractivity contribution in [1.82, 2.24) is 15.5 Å². The molecule has 0 atom stereocenters. The van der Waals surface area contributed by atoms with E-state index in [1.807, 2.05) is 24.3 Å². The third kappa shape index (κ3) is 8.84. The molecular weight excluding hydrogens is 377 g/mol. The molecular formula is C19H28ClF3N4. The molecule has 0 bridgehead atoms. The maximum atomic E-state index is 12.4. The van der Waals surface area contributed by atoms with Gasteiger partial charge in [-0.1, -0.05) is 23.7 Å². The number of halogens is 4. The molecule has 1 heterocycles. The van der Waals surface area contributed by atoms with E-state index >= 15 is 0 Å². The molecule has 1 aromatic carbocycles. The van der Waals surface area contributed by atoms with Crippen LogP contribution in [0, 0.1) is 5.92 Å². The number of nitrogens with zero attached hydrogens (tertiary/aromatic N) is 2. The maximum Gasteiger partial charge on any atom is 0.401 e. The molecule has 1 aromatic rings. The average Bonchev–Trinajstić information content (AvgIpc) is 2.60. The van der Waals surface area contributed by atoms with Gasteiger partial charge in [0.2, 0.25) is 0 Å². The zero-order valence-corrected chi connectivity index (χ0v) is 16.4. The van der Waals surface area contributed by atoms with Crippen molar-refractivity contribution in [2.24, 2.45) is 10.9 Å². The van der Waals surface area contributed by atoms with Crippen LogP contribution in [-0.2, 0) is 6.42 Å². The number of aliphatic imine (C=N–C) groups is 1. The van der Waals surface area contributed by atoms with Crippen molar-refractivity contribution in [2.45, 2.75) is 31.9 Å². The number of rotatable bonds is 7. The van der Waals surface area contributed by atoms with Crippen molar-refractivity contribution in [3.8, 4) is 0 Å². The molecule has 1 fully saturated rings. The second kappa shape index (κ2) is 10.8. The fourth-order valence-corrected chi connectivity index (χ4v) is 3.53. The Morgan fingerprint density at radius 1 is 1.22 bits per heavy atom. The lowest BCUT2D eigenvalue weighted by Gasteiger charge is -2.32. The van der Waals surface area contributed by atoms with Crippen molar-refractivity contribution in [1.29, 1.82) is 0 Å². The molecule has 0 saturated carbocycles. The summed E-state index contributed by atoms with van der Waals surface area (Å²) < 4.78 is 37.3. The van der Waals surface area contributed by atoms with E-state index in [9.17, 15) is 13.2 Å². The SMILES string of the molecule is CN=C(NCCc1cccc(Cl)c1)NCCC1CCN(CC(F)(F)F)CC1. The van der Waals surface area contributed by atoms with E-state index in [0.29, 0.717) is 19.0 Å². The lowest BCUT2D eigenvalue weighted by atomic mass is 9.93. The van der Waals surface area contributed by atoms with Crippen molar-refractivity contribution in [2.75, 3.05) is 39.8 Å². The highest BCUT2D eigenvalue weighted by Gasteiger charge is 2.32. The number of hydrogen-bond acceptors (Lipinski definition) is 2. The normalized spacial score (nSPS) is 17.1. The number of guanidine groups is 1. The molecule has 0 spiro atoms. The smallest absolute Gasteiger partial charge is 0.356 e. The van der Waals surface area contributed by atoms with Gasteiger partial charge in [-0.15, -0.1) is 0 Å². The van der Waals surface area contributed by atoms with Crippen LogP contribution in [-0.4, -0.2) is 56.8 Å². The predicted molar refractivity (Wildman–Crippen MR) is 104 cm³/mol. The number of hydrogen-bond donors (Lipinski definition) is 2. The molecule has 1 aliphatic rings. The van der Waals surface area contributed by atoms with Crippen LogP contribution in [0.3, 0.4) is 0 Å². The first-order valence-corrected chi connectivity index (χ1v) is 9.71. The summed E-state index contributed by atoms with van der Waals surface area (Å²) in [7, 11) is 1.73. The molecule has 0 aromatic heterocycles. The summed E-state index contributed by atoms with van der Waals surface area (Å²) in [4.78, 5) is 5.71. The Morgan fingerprint density at radius 2 is 1.93 bits per heavy atom. The first-order chi connectivity index (χ1) is 12.9. The molecule has 0 radical (unpaired) electrons. The van der Waals surface area contributed by atoms with E-state index in [1.54, 1.807) is 7.05 Å². The topological polar surface area (TPSA) is 39.7 Å². The highest BCUT2D eigenvalue weighted by molar-refractivity contribution is 6.30. The van der Waals surface area contributed by atoms with Crippen molar-refractivity contribution < 1.29 is 13.2 Å². The second-order valence-electron chi connectivity index (χ2n) is 6.93. The first-order valence-electron chi connectivity index (χ1n) is 9.34. The van der Waals surface area contributed by atoms with Crippen molar-refractivity contribution in [3.05, 3.63) is 34.9 Å². The lowest BCUT2D eigenvalue weighted by molar-refractivity contribution is -0.148. The Kier molecular flexibility index (Phi) is 8.70. The Morgan fingerprint density at radius 3 is 2.56 bits per heavy atom. The Bertz CT molecular complexity index is 599. The molecule has 0 unspecified atom stereocenters. The van der Waals surface area contributed by atoms with Crippen LogP contribution in [0.4, 0.5) is 13.2 Å². The predicted octanol–water partition coefficient (Wildman–Crippen LogP) is 3.71. The molecule has 1 aliphatic heterocycles. The molecule has 4 nitrogen and oxygen atoms in total. The zero-order valence-electron chi connectivity index (χ0n) is 15.7. The third-order valence-electron chi connectivity index (χ3n) is 4.77. The number of likely N-dealkylation sites (tertiary alicyclic amines) is 1.